The van der Waals surface area contributed by atoms with E-state index in [0.29, 0.717) is 13.1 Å². The van der Waals surface area contributed by atoms with E-state index >= 15 is 0 Å². The molecule has 2 aromatic rings. The van der Waals surface area contributed by atoms with E-state index in [9.17, 15) is 22.8 Å². The highest BCUT2D eigenvalue weighted by Crippen LogP contribution is 2.29. The summed E-state index contributed by atoms with van der Waals surface area (Å²) in [5, 5.41) is 0. The van der Waals surface area contributed by atoms with E-state index < -0.39 is 17.6 Å². The molecule has 4 nitrogen and oxygen atoms in total. The Bertz CT molecular complexity index is 871. The number of hydrogen-bond donors (Lipinski definition) is 0. The lowest BCUT2D eigenvalue weighted by atomic mass is 10.1. The van der Waals surface area contributed by atoms with Gasteiger partial charge in [-0.2, -0.15) is 13.2 Å². The van der Waals surface area contributed by atoms with E-state index in [2.05, 4.69) is 0 Å². The van der Waals surface area contributed by atoms with Crippen LogP contribution in [0.2, 0.25) is 0 Å². The molecule has 7 heteroatoms. The van der Waals surface area contributed by atoms with Gasteiger partial charge in [-0.25, -0.2) is 0 Å². The highest BCUT2D eigenvalue weighted by Gasteiger charge is 2.31. The van der Waals surface area contributed by atoms with Crippen LogP contribution in [0.1, 0.15) is 21.5 Å². The Morgan fingerprint density at radius 3 is 2.14 bits per heavy atom. The molecule has 1 heterocycles. The first-order chi connectivity index (χ1) is 13.3. The molecule has 0 radical (unpaired) electrons. The molecule has 0 aliphatic carbocycles. The van der Waals surface area contributed by atoms with Crippen molar-refractivity contribution in [1.82, 2.24) is 9.80 Å². The highest BCUT2D eigenvalue weighted by atomic mass is 19.4. The molecule has 1 aliphatic rings. The number of nitrogens with zero attached hydrogens (tertiary/aromatic N) is 2. The molecule has 2 aromatic carbocycles. The van der Waals surface area contributed by atoms with Crippen LogP contribution in [0.5, 0.6) is 0 Å². The van der Waals surface area contributed by atoms with Gasteiger partial charge in [0, 0.05) is 37.8 Å². The predicted molar refractivity (Wildman–Crippen MR) is 99.4 cm³/mol. The van der Waals surface area contributed by atoms with Crippen LogP contribution in [-0.4, -0.2) is 47.8 Å². The third-order valence-electron chi connectivity index (χ3n) is 4.53. The highest BCUT2D eigenvalue weighted by molar-refractivity contribution is 5.95. The van der Waals surface area contributed by atoms with Gasteiger partial charge >= 0.3 is 6.18 Å². The van der Waals surface area contributed by atoms with Gasteiger partial charge in [-0.1, -0.05) is 36.4 Å². The summed E-state index contributed by atoms with van der Waals surface area (Å²) in [5.74, 6) is -0.618. The third kappa shape index (κ3) is 4.79. The zero-order chi connectivity index (χ0) is 20.1. The minimum Gasteiger partial charge on any atom is -0.336 e. The third-order valence-corrected chi connectivity index (χ3v) is 4.53. The van der Waals surface area contributed by atoms with E-state index in [1.807, 2.05) is 30.3 Å². The standard InChI is InChI=1S/C21H19F3N2O2/c22-21(23,24)18-8-4-7-17(15-18)20(28)26-13-11-25(12-14-26)19(27)10-9-16-5-2-1-3-6-16/h1-10,15H,11-14H2/b10-9+. The zero-order valence-corrected chi connectivity index (χ0v) is 15.0. The van der Waals surface area contributed by atoms with E-state index in [4.69, 9.17) is 0 Å². The van der Waals surface area contributed by atoms with Crippen molar-refractivity contribution in [2.24, 2.45) is 0 Å². The minimum absolute atomic E-state index is 0.00132. The second kappa shape index (κ2) is 8.29. The van der Waals surface area contributed by atoms with Gasteiger partial charge < -0.3 is 9.80 Å². The quantitative estimate of drug-likeness (QED) is 0.753. The van der Waals surface area contributed by atoms with Crippen LogP contribution in [0.4, 0.5) is 13.2 Å². The summed E-state index contributed by atoms with van der Waals surface area (Å²) in [4.78, 5) is 27.9. The summed E-state index contributed by atoms with van der Waals surface area (Å²) >= 11 is 0. The van der Waals surface area contributed by atoms with Gasteiger partial charge in [0.15, 0.2) is 0 Å². The van der Waals surface area contributed by atoms with Crippen LogP contribution in [0.3, 0.4) is 0 Å². The van der Waals surface area contributed by atoms with Crippen LogP contribution in [0.25, 0.3) is 6.08 Å². The Morgan fingerprint density at radius 1 is 0.857 bits per heavy atom. The lowest BCUT2D eigenvalue weighted by Crippen LogP contribution is -2.50. The summed E-state index contributed by atoms with van der Waals surface area (Å²) in [5.41, 5.74) is 0.0611. The van der Waals surface area contributed by atoms with Crippen molar-refractivity contribution in [3.8, 4) is 0 Å². The number of amides is 2. The number of hydrogen-bond acceptors (Lipinski definition) is 2. The van der Waals surface area contributed by atoms with E-state index in [1.165, 1.54) is 23.1 Å². The maximum atomic E-state index is 12.8. The minimum atomic E-state index is -4.49. The summed E-state index contributed by atoms with van der Waals surface area (Å²) in [7, 11) is 0. The molecule has 1 fully saturated rings. The average molecular weight is 388 g/mol. The lowest BCUT2D eigenvalue weighted by Gasteiger charge is -2.34. The summed E-state index contributed by atoms with van der Waals surface area (Å²) in [6.07, 6.45) is -1.28. The van der Waals surface area contributed by atoms with Crippen LogP contribution < -0.4 is 0 Å². The van der Waals surface area contributed by atoms with E-state index in [-0.39, 0.29) is 24.6 Å². The Morgan fingerprint density at radius 2 is 1.50 bits per heavy atom. The molecule has 2 amide bonds. The molecule has 1 aliphatic heterocycles. The van der Waals surface area contributed by atoms with Gasteiger partial charge in [0.25, 0.3) is 5.91 Å². The fraction of sp³-hybridized carbons (Fsp3) is 0.238. The SMILES string of the molecule is O=C(/C=C/c1ccccc1)N1CCN(C(=O)c2cccc(C(F)(F)F)c2)CC1. The molecule has 0 N–H and O–H groups in total. The second-order valence-electron chi connectivity index (χ2n) is 6.44. The Balaban J connectivity index is 1.58. The van der Waals surface area contributed by atoms with Crippen LogP contribution in [-0.2, 0) is 11.0 Å². The monoisotopic (exact) mass is 388 g/mol. The van der Waals surface area contributed by atoms with Crippen molar-refractivity contribution in [3.05, 3.63) is 77.4 Å². The number of rotatable bonds is 3. The zero-order valence-electron chi connectivity index (χ0n) is 15.0. The van der Waals surface area contributed by atoms with Gasteiger partial charge in [-0.05, 0) is 29.8 Å². The molecular weight excluding hydrogens is 369 g/mol. The van der Waals surface area contributed by atoms with Crippen molar-refractivity contribution in [1.29, 1.82) is 0 Å². The second-order valence-corrected chi connectivity index (χ2v) is 6.44. The number of alkyl halides is 3. The predicted octanol–water partition coefficient (Wildman–Crippen LogP) is 3.70. The molecule has 0 atom stereocenters. The Labute approximate surface area is 160 Å². The number of piperazine rings is 1. The molecule has 0 spiro atoms. The van der Waals surface area contributed by atoms with Crippen LogP contribution in [0, 0.1) is 0 Å². The molecule has 28 heavy (non-hydrogen) atoms. The number of carbonyl (C=O) groups is 2. The largest absolute Gasteiger partial charge is 0.416 e. The maximum Gasteiger partial charge on any atom is 0.416 e. The molecule has 0 aromatic heterocycles. The topological polar surface area (TPSA) is 40.6 Å². The van der Waals surface area contributed by atoms with E-state index in [0.717, 1.165) is 17.7 Å². The molecular formula is C21H19F3N2O2. The Hall–Kier alpha value is -3.09. The number of halogens is 3. The fourth-order valence-corrected chi connectivity index (χ4v) is 2.98. The molecule has 146 valence electrons. The van der Waals surface area contributed by atoms with Gasteiger partial charge in [0.1, 0.15) is 0 Å². The summed E-state index contributed by atoms with van der Waals surface area (Å²) < 4.78 is 38.5. The van der Waals surface area contributed by atoms with Gasteiger partial charge in [-0.3, -0.25) is 9.59 Å². The normalized spacial score (nSPS) is 15.1. The van der Waals surface area contributed by atoms with Crippen molar-refractivity contribution in [2.75, 3.05) is 26.2 Å². The fourth-order valence-electron chi connectivity index (χ4n) is 2.98. The van der Waals surface area contributed by atoms with E-state index in [1.54, 1.807) is 11.0 Å². The van der Waals surface area contributed by atoms with Crippen molar-refractivity contribution < 1.29 is 22.8 Å². The van der Waals surface area contributed by atoms with Crippen molar-refractivity contribution >= 4 is 17.9 Å². The molecule has 0 saturated carbocycles. The van der Waals surface area contributed by atoms with Crippen molar-refractivity contribution in [3.63, 3.8) is 0 Å². The number of carbonyl (C=O) groups excluding carboxylic acids is 2. The smallest absolute Gasteiger partial charge is 0.336 e. The van der Waals surface area contributed by atoms with Gasteiger partial charge in [-0.15, -0.1) is 0 Å². The molecule has 0 bridgehead atoms. The maximum absolute atomic E-state index is 12.8. The first-order valence-corrected chi connectivity index (χ1v) is 8.83. The first-order valence-electron chi connectivity index (χ1n) is 8.83. The van der Waals surface area contributed by atoms with Crippen molar-refractivity contribution in [2.45, 2.75) is 6.18 Å². The number of benzene rings is 2. The lowest BCUT2D eigenvalue weighted by molar-refractivity contribution is -0.137. The summed E-state index contributed by atoms with van der Waals surface area (Å²) in [6, 6.07) is 13.8. The molecule has 3 rings (SSSR count). The molecule has 0 unspecified atom stereocenters. The van der Waals surface area contributed by atoms with Crippen LogP contribution >= 0.6 is 0 Å². The Kier molecular flexibility index (Phi) is 5.82. The molecule has 1 saturated heterocycles. The first kappa shape index (κ1) is 19.7. The van der Waals surface area contributed by atoms with Gasteiger partial charge in [0.05, 0.1) is 5.56 Å². The summed E-state index contributed by atoms with van der Waals surface area (Å²) in [6.45, 7) is 1.23. The van der Waals surface area contributed by atoms with Gasteiger partial charge in [0.2, 0.25) is 5.91 Å². The van der Waals surface area contributed by atoms with Crippen LogP contribution in [0.15, 0.2) is 60.7 Å². The average Bonchev–Trinajstić information content (AvgIpc) is 2.72.